The molecule has 1 amide bonds. The normalized spacial score (nSPS) is 18.2. The van der Waals surface area contributed by atoms with Crippen LogP contribution in [0.25, 0.3) is 0 Å². The molecule has 2 aromatic rings. The maximum atomic E-state index is 12.6. The molecule has 4 rings (SSSR count). The first-order valence-electron chi connectivity index (χ1n) is 11.9. The van der Waals surface area contributed by atoms with Gasteiger partial charge < -0.3 is 19.7 Å². The second-order valence-electron chi connectivity index (χ2n) is 9.52. The van der Waals surface area contributed by atoms with Gasteiger partial charge in [-0.3, -0.25) is 4.79 Å². The molecule has 1 aliphatic heterocycles. The van der Waals surface area contributed by atoms with Gasteiger partial charge >= 0.3 is 5.97 Å². The second-order valence-corrected chi connectivity index (χ2v) is 9.52. The van der Waals surface area contributed by atoms with Gasteiger partial charge in [0.25, 0.3) is 0 Å². The van der Waals surface area contributed by atoms with Gasteiger partial charge in [-0.2, -0.15) is 0 Å². The van der Waals surface area contributed by atoms with Crippen molar-refractivity contribution in [1.29, 1.82) is 0 Å². The molecule has 1 N–H and O–H groups in total. The summed E-state index contributed by atoms with van der Waals surface area (Å²) >= 11 is 0. The summed E-state index contributed by atoms with van der Waals surface area (Å²) in [6.45, 7) is 7.11. The van der Waals surface area contributed by atoms with Gasteiger partial charge in [0, 0.05) is 30.9 Å². The lowest BCUT2D eigenvalue weighted by atomic mass is 10.1. The lowest BCUT2D eigenvalue weighted by Gasteiger charge is -2.25. The topological polar surface area (TPSA) is 67.9 Å². The van der Waals surface area contributed by atoms with Gasteiger partial charge in [-0.15, -0.1) is 0 Å². The Hall–Kier alpha value is -3.02. The van der Waals surface area contributed by atoms with E-state index in [0.717, 1.165) is 36.7 Å². The van der Waals surface area contributed by atoms with E-state index in [1.54, 1.807) is 20.8 Å². The maximum Gasteiger partial charge on any atom is 0.349 e. The second kappa shape index (κ2) is 9.86. The third-order valence-corrected chi connectivity index (χ3v) is 6.27. The Morgan fingerprint density at radius 3 is 2.55 bits per heavy atom. The summed E-state index contributed by atoms with van der Waals surface area (Å²) in [5.41, 5.74) is 2.40. The highest BCUT2D eigenvalue weighted by molar-refractivity contribution is 5.79. The van der Waals surface area contributed by atoms with E-state index < -0.39 is 5.60 Å². The Bertz CT molecular complexity index is 982. The number of anilines is 1. The van der Waals surface area contributed by atoms with E-state index in [0.29, 0.717) is 18.8 Å². The van der Waals surface area contributed by atoms with Crippen LogP contribution in [-0.4, -0.2) is 43.2 Å². The van der Waals surface area contributed by atoms with Gasteiger partial charge in [-0.25, -0.2) is 4.79 Å². The SMILES string of the molecule is CCOC(=O)C(C)(C)Oc1cccc(N2CC[C@@H](NC(=O)Cc3ccc(C4CC4)cc3)C2)c1. The van der Waals surface area contributed by atoms with Crippen molar-refractivity contribution in [2.24, 2.45) is 0 Å². The van der Waals surface area contributed by atoms with Crippen LogP contribution in [0.4, 0.5) is 5.69 Å². The first kappa shape index (κ1) is 23.1. The van der Waals surface area contributed by atoms with Gasteiger partial charge in [0.1, 0.15) is 5.75 Å². The minimum absolute atomic E-state index is 0.0642. The van der Waals surface area contributed by atoms with Crippen LogP contribution in [0.15, 0.2) is 48.5 Å². The summed E-state index contributed by atoms with van der Waals surface area (Å²) in [4.78, 5) is 27.0. The lowest BCUT2D eigenvalue weighted by molar-refractivity contribution is -0.158. The third-order valence-electron chi connectivity index (χ3n) is 6.27. The van der Waals surface area contributed by atoms with Gasteiger partial charge in [-0.1, -0.05) is 30.3 Å². The third kappa shape index (κ3) is 6.06. The Labute approximate surface area is 196 Å². The molecule has 6 heteroatoms. The van der Waals surface area contributed by atoms with Crippen LogP contribution in [0.2, 0.25) is 0 Å². The minimum atomic E-state index is -1.06. The van der Waals surface area contributed by atoms with Gasteiger partial charge in [-0.05, 0) is 69.2 Å². The van der Waals surface area contributed by atoms with Crippen molar-refractivity contribution in [2.45, 2.75) is 64.0 Å². The van der Waals surface area contributed by atoms with E-state index in [-0.39, 0.29) is 17.9 Å². The monoisotopic (exact) mass is 450 g/mol. The summed E-state index contributed by atoms with van der Waals surface area (Å²) in [6, 6.07) is 16.3. The number of carbonyl (C=O) groups excluding carboxylic acids is 2. The van der Waals surface area contributed by atoms with Crippen molar-refractivity contribution in [3.8, 4) is 5.75 Å². The van der Waals surface area contributed by atoms with Crippen molar-refractivity contribution in [3.05, 3.63) is 59.7 Å². The quantitative estimate of drug-likeness (QED) is 0.580. The standard InChI is InChI=1S/C27H34N2O4/c1-4-32-26(31)27(2,3)33-24-7-5-6-23(17-24)29-15-14-22(18-29)28-25(30)16-19-8-10-20(11-9-19)21-12-13-21/h5-11,17,21-22H,4,12-16,18H2,1-3H3,(H,28,30)/t22-/m1/s1. The number of esters is 1. The van der Waals surface area contributed by atoms with Crippen LogP contribution >= 0.6 is 0 Å². The van der Waals surface area contributed by atoms with Gasteiger partial charge in [0.2, 0.25) is 5.91 Å². The molecule has 0 bridgehead atoms. The molecule has 1 atom stereocenters. The highest BCUT2D eigenvalue weighted by Gasteiger charge is 2.32. The number of hydrogen-bond donors (Lipinski definition) is 1. The number of nitrogens with zero attached hydrogens (tertiary/aromatic N) is 1. The van der Waals surface area contributed by atoms with Crippen LogP contribution in [0.5, 0.6) is 5.75 Å². The van der Waals surface area contributed by atoms with Crippen LogP contribution in [-0.2, 0) is 20.7 Å². The van der Waals surface area contributed by atoms with Crippen LogP contribution in [0.1, 0.15) is 57.1 Å². The fraction of sp³-hybridized carbons (Fsp3) is 0.481. The summed E-state index contributed by atoms with van der Waals surface area (Å²) in [5.74, 6) is 1.03. The number of benzene rings is 2. The average Bonchev–Trinajstić information content (AvgIpc) is 3.53. The number of ether oxygens (including phenoxy) is 2. The van der Waals surface area contributed by atoms with Crippen molar-refractivity contribution in [1.82, 2.24) is 5.32 Å². The van der Waals surface area contributed by atoms with Gasteiger partial charge in [0.05, 0.1) is 13.0 Å². The van der Waals surface area contributed by atoms with Crippen molar-refractivity contribution in [2.75, 3.05) is 24.6 Å². The minimum Gasteiger partial charge on any atom is -0.476 e. The molecule has 2 aliphatic rings. The molecule has 176 valence electrons. The highest BCUT2D eigenvalue weighted by Crippen LogP contribution is 2.39. The van der Waals surface area contributed by atoms with E-state index in [1.807, 2.05) is 24.3 Å². The molecule has 0 aromatic heterocycles. The zero-order chi connectivity index (χ0) is 23.4. The molecule has 1 saturated carbocycles. The van der Waals surface area contributed by atoms with Crippen molar-refractivity contribution >= 4 is 17.6 Å². The van der Waals surface area contributed by atoms with E-state index in [1.165, 1.54) is 18.4 Å². The Morgan fingerprint density at radius 1 is 1.09 bits per heavy atom. The number of nitrogens with one attached hydrogen (secondary N) is 1. The van der Waals surface area contributed by atoms with E-state index in [9.17, 15) is 9.59 Å². The zero-order valence-electron chi connectivity index (χ0n) is 19.8. The smallest absolute Gasteiger partial charge is 0.349 e. The van der Waals surface area contributed by atoms with E-state index >= 15 is 0 Å². The molecule has 6 nitrogen and oxygen atoms in total. The predicted molar refractivity (Wildman–Crippen MR) is 129 cm³/mol. The Kier molecular flexibility index (Phi) is 6.91. The molecule has 2 aromatic carbocycles. The summed E-state index contributed by atoms with van der Waals surface area (Å²) < 4.78 is 11.0. The number of hydrogen-bond acceptors (Lipinski definition) is 5. The number of amides is 1. The van der Waals surface area contributed by atoms with Crippen molar-refractivity contribution in [3.63, 3.8) is 0 Å². The molecule has 0 unspecified atom stereocenters. The predicted octanol–water partition coefficient (Wildman–Crippen LogP) is 4.22. The first-order valence-corrected chi connectivity index (χ1v) is 11.9. The molecular weight excluding hydrogens is 416 g/mol. The van der Waals surface area contributed by atoms with Crippen LogP contribution < -0.4 is 15.0 Å². The summed E-state index contributed by atoms with van der Waals surface area (Å²) in [7, 11) is 0. The van der Waals surface area contributed by atoms with Crippen molar-refractivity contribution < 1.29 is 19.1 Å². The van der Waals surface area contributed by atoms with Crippen LogP contribution in [0.3, 0.4) is 0 Å². The largest absolute Gasteiger partial charge is 0.476 e. The summed E-state index contributed by atoms with van der Waals surface area (Å²) in [5, 5.41) is 3.19. The highest BCUT2D eigenvalue weighted by atomic mass is 16.6. The fourth-order valence-electron chi connectivity index (χ4n) is 4.29. The molecule has 1 saturated heterocycles. The average molecular weight is 451 g/mol. The summed E-state index contributed by atoms with van der Waals surface area (Å²) in [6.07, 6.45) is 3.88. The zero-order valence-corrected chi connectivity index (χ0v) is 19.8. The van der Waals surface area contributed by atoms with E-state index in [4.69, 9.17) is 9.47 Å². The first-order chi connectivity index (χ1) is 15.8. The molecule has 1 aliphatic carbocycles. The number of carbonyl (C=O) groups is 2. The molecule has 2 fully saturated rings. The molecule has 33 heavy (non-hydrogen) atoms. The molecule has 0 spiro atoms. The lowest BCUT2D eigenvalue weighted by Crippen LogP contribution is -2.39. The molecular formula is C27H34N2O4. The number of rotatable bonds is 9. The Morgan fingerprint density at radius 2 is 1.85 bits per heavy atom. The fourth-order valence-corrected chi connectivity index (χ4v) is 4.29. The Balaban J connectivity index is 1.29. The van der Waals surface area contributed by atoms with E-state index in [2.05, 4.69) is 34.5 Å². The maximum absolute atomic E-state index is 12.6. The molecule has 0 radical (unpaired) electrons. The van der Waals surface area contributed by atoms with Crippen LogP contribution in [0, 0.1) is 0 Å². The molecule has 1 heterocycles. The van der Waals surface area contributed by atoms with Gasteiger partial charge in [0.15, 0.2) is 5.60 Å².